The van der Waals surface area contributed by atoms with Crippen LogP contribution in [0.3, 0.4) is 0 Å². The van der Waals surface area contributed by atoms with Gasteiger partial charge in [-0.3, -0.25) is 0 Å². The molecule has 0 amide bonds. The second-order valence-corrected chi connectivity index (χ2v) is 77.1. The Morgan fingerprint density at radius 3 is 1.07 bits per heavy atom. The summed E-state index contributed by atoms with van der Waals surface area (Å²) in [7, 11) is -52.8. The zero-order chi connectivity index (χ0) is 59.0. The monoisotopic (exact) mass is 1630 g/mol. The molecule has 4 unspecified atom stereocenters. The molecule has 0 saturated heterocycles. The van der Waals surface area contributed by atoms with Crippen LogP contribution < -0.4 is 0 Å². The molecule has 0 N–H and O–H groups in total. The summed E-state index contributed by atoms with van der Waals surface area (Å²) >= 11 is 0. The fourth-order valence-corrected chi connectivity index (χ4v) is 91.7. The highest BCUT2D eigenvalue weighted by Gasteiger charge is 2.74. The van der Waals surface area contributed by atoms with Gasteiger partial charge in [0.15, 0.2) is 8.32 Å². The molecule has 0 spiro atoms. The van der Waals surface area contributed by atoms with Gasteiger partial charge < -0.3 is 128 Å². The Labute approximate surface area is 519 Å². The van der Waals surface area contributed by atoms with Crippen molar-refractivity contribution in [1.82, 2.24) is 0 Å². The summed E-state index contributed by atoms with van der Waals surface area (Å²) in [4.78, 5) is 0. The van der Waals surface area contributed by atoms with Crippen molar-refractivity contribution in [2.45, 2.75) is 45.8 Å². The third kappa shape index (κ3) is 25.1. The maximum absolute atomic E-state index is 7.15. The van der Waals surface area contributed by atoms with E-state index in [1.807, 2.05) is 26.2 Å². The summed E-state index contributed by atoms with van der Waals surface area (Å²) in [6, 6.07) is 0. The van der Waals surface area contributed by atoms with E-state index < -0.39 is 136 Å². The van der Waals surface area contributed by atoms with Crippen LogP contribution in [0.4, 0.5) is 0 Å². The smallest absolute Gasteiger partial charge is 0.530 e. The highest BCUT2D eigenvalue weighted by molar-refractivity contribution is 6.91. The Morgan fingerprint density at radius 2 is 0.737 bits per heavy atom. The third-order valence-corrected chi connectivity index (χ3v) is 76.6. The Hall–Kier alpha value is 4.76. The highest BCUT2D eigenvalue weighted by atomic mass is 28.6. The minimum Gasteiger partial charge on any atom is -0.530 e. The molecule has 0 rings (SSSR count). The molecule has 0 radical (unpaired) electrons. The molecule has 76 heavy (non-hydrogen) atoms. The fraction of sp³-hybridized carbons (Fsp3) is 0.538. The number of hydrogen-bond donors (Lipinski definition) is 0. The molecule has 0 aliphatic heterocycles. The first-order valence-electron chi connectivity index (χ1n) is 22.2. The van der Waals surface area contributed by atoms with Gasteiger partial charge in [0.05, 0.1) is 0 Å². The molecule has 4 atom stereocenters. The predicted octanol–water partition coefficient (Wildman–Crippen LogP) is -23.6. The second-order valence-electron chi connectivity index (χ2n) is 15.7. The van der Waals surface area contributed by atoms with Gasteiger partial charge in [-0.1, -0.05) is 31.1 Å². The lowest BCUT2D eigenvalue weighted by Gasteiger charge is -2.45. The fourth-order valence-electron chi connectivity index (χ4n) is 5.17. The largest absolute Gasteiger partial charge is 0.653 e. The molecule has 0 aliphatic rings. The molecular formula is C13H86O31Si32. The summed E-state index contributed by atoms with van der Waals surface area (Å²) in [5.74, 6) is 0. The minimum absolute atomic E-state index is 0.0411. The third-order valence-electron chi connectivity index (χ3n) is 9.73. The lowest BCUT2D eigenvalue weighted by Crippen LogP contribution is -2.76. The topological polar surface area (TPSA) is 286 Å². The standard InChI is InChI=1S/C13H86O31Si32/c1-11-66(6,7)33-63-35-73(28-58,29-59)43-75(31-61,40-70(19-49,20-50)21-51)44-76(41-71(22-52,23-53)24-54,42-72(25-55,26-56)27-57)38-68(10,12-2)34-62-32-65(15-45)36-74(30-60,39-69(16-46,17-47)18-48)37-67(8,9)14-13(3)64(4)5/h11-12,64-65H,1-3,62-63H2,4-10,45-61H3. The van der Waals surface area contributed by atoms with E-state index >= 15 is 0 Å². The Bertz CT molecular complexity index is 1620. The maximum atomic E-state index is 7.15. The van der Waals surface area contributed by atoms with Crippen LogP contribution >= 0.6 is 0 Å². The first kappa shape index (κ1) is 80.8. The van der Waals surface area contributed by atoms with Crippen LogP contribution in [0.5, 0.6) is 0 Å². The summed E-state index contributed by atoms with van der Waals surface area (Å²) in [6.45, 7) is 25.6. The molecule has 0 heterocycles. The number of rotatable bonds is 48. The van der Waals surface area contributed by atoms with E-state index in [1.54, 1.807) is 12.2 Å². The van der Waals surface area contributed by atoms with Crippen LogP contribution in [-0.4, -0.2) is 314 Å². The first-order chi connectivity index (χ1) is 35.4. The van der Waals surface area contributed by atoms with Crippen molar-refractivity contribution >= 4 is 314 Å². The molecule has 0 saturated carbocycles. The summed E-state index contributed by atoms with van der Waals surface area (Å²) in [5, 5.41) is 0.647. The summed E-state index contributed by atoms with van der Waals surface area (Å²) in [6.07, 6.45) is 0. The van der Waals surface area contributed by atoms with Gasteiger partial charge in [-0.05, 0) is 32.7 Å². The van der Waals surface area contributed by atoms with Crippen molar-refractivity contribution < 1.29 is 128 Å². The molecule has 0 aromatic carbocycles. The quantitative estimate of drug-likeness (QED) is 0.0404. The van der Waals surface area contributed by atoms with Crippen LogP contribution in [0.1, 0.15) is 0 Å². The van der Waals surface area contributed by atoms with Crippen molar-refractivity contribution in [2.24, 2.45) is 0 Å². The zero-order valence-corrected chi connectivity index (χ0v) is 98.6. The Morgan fingerprint density at radius 1 is 0.395 bits per heavy atom. The summed E-state index contributed by atoms with van der Waals surface area (Å²) < 4.78 is 196. The first-order valence-corrected chi connectivity index (χ1v) is 64.0. The van der Waals surface area contributed by atoms with Gasteiger partial charge >= 0.3 is 99.0 Å². The van der Waals surface area contributed by atoms with E-state index in [9.17, 15) is 0 Å². The second kappa shape index (κ2) is 37.6. The van der Waals surface area contributed by atoms with Crippen LogP contribution in [-0.2, 0) is 128 Å². The molecular weight excluding hydrogens is 1550 g/mol. The SMILES string of the molecule is C=C[Si](C)(C)O[SiH2]O[Si](O[SiH3])(O[SiH3])O[Si](O[SiH3])(O[Si](O[SiH3])(O[SiH3])O[SiH3])O[Si](O[Si](C)(C=C)O[SiH2]O[SiH](O[SiH3])O[Si](O[SiH3])(O[Si](C)(C)OC(=C)[SiH](C)C)O[Si](O[SiH3])(O[SiH3])O[SiH3])(O[Si](O[SiH3])(O[SiH3])O[SiH3])O[Si](O[SiH3])(O[SiH3])O[SiH3]. The van der Waals surface area contributed by atoms with Crippen LogP contribution in [0, 0.1) is 0 Å². The lowest BCUT2D eigenvalue weighted by molar-refractivity contribution is -0.0104. The van der Waals surface area contributed by atoms with Crippen molar-refractivity contribution in [3.05, 3.63) is 36.5 Å². The van der Waals surface area contributed by atoms with E-state index in [2.05, 4.69) is 32.8 Å². The van der Waals surface area contributed by atoms with Gasteiger partial charge in [-0.15, -0.1) is 13.2 Å². The predicted molar refractivity (Wildman–Crippen MR) is 368 cm³/mol. The van der Waals surface area contributed by atoms with Crippen LogP contribution in [0.2, 0.25) is 45.8 Å². The Kier molecular flexibility index (Phi) is 39.9. The molecule has 452 valence electrons. The Balaban J connectivity index is 8.37. The molecule has 0 bridgehead atoms. The minimum atomic E-state index is -5.40. The van der Waals surface area contributed by atoms with Gasteiger partial charge in [-0.2, -0.15) is 0 Å². The molecule has 0 aromatic rings. The van der Waals surface area contributed by atoms with E-state index in [0.29, 0.717) is 5.38 Å². The normalized spacial score (nSPS) is 21.3. The molecule has 0 fully saturated rings. The van der Waals surface area contributed by atoms with Gasteiger partial charge in [-0.25, -0.2) is 0 Å². The molecule has 0 aliphatic carbocycles. The van der Waals surface area contributed by atoms with Crippen molar-refractivity contribution in [1.29, 1.82) is 0 Å². The van der Waals surface area contributed by atoms with Gasteiger partial charge in [0.25, 0.3) is 20.0 Å². The van der Waals surface area contributed by atoms with Crippen LogP contribution in [0.25, 0.3) is 0 Å². The summed E-state index contributed by atoms with van der Waals surface area (Å²) in [5.41, 5.74) is 3.22. The van der Waals surface area contributed by atoms with Gasteiger partial charge in [0.1, 0.15) is 187 Å². The zero-order valence-electron chi connectivity index (χ0n) is 48.5. The van der Waals surface area contributed by atoms with Crippen LogP contribution in [0.15, 0.2) is 36.5 Å². The van der Waals surface area contributed by atoms with E-state index in [0.717, 1.165) is 0 Å². The molecule has 63 heteroatoms. The molecule has 31 nitrogen and oxygen atoms in total. The average molecular weight is 1640 g/mol. The maximum Gasteiger partial charge on any atom is 0.653 e. The van der Waals surface area contributed by atoms with E-state index in [-0.39, 0.29) is 178 Å². The average Bonchev–Trinajstić information content (AvgIpc) is 3.41. The van der Waals surface area contributed by atoms with Crippen molar-refractivity contribution in [3.63, 3.8) is 0 Å². The van der Waals surface area contributed by atoms with Gasteiger partial charge in [0, 0.05) is 5.38 Å². The van der Waals surface area contributed by atoms with E-state index in [4.69, 9.17) is 128 Å². The molecule has 0 aromatic heterocycles. The lowest BCUT2D eigenvalue weighted by atomic mass is 11.2. The van der Waals surface area contributed by atoms with E-state index in [1.165, 1.54) is 5.70 Å². The number of hydrogen-bond acceptors (Lipinski definition) is 31. The van der Waals surface area contributed by atoms with Crippen molar-refractivity contribution in [3.8, 4) is 0 Å². The van der Waals surface area contributed by atoms with Gasteiger partial charge in [0.2, 0.25) is 0 Å². The van der Waals surface area contributed by atoms with Crippen molar-refractivity contribution in [2.75, 3.05) is 0 Å². The highest BCUT2D eigenvalue weighted by Crippen LogP contribution is 2.35.